The van der Waals surface area contributed by atoms with Crippen molar-refractivity contribution in [2.75, 3.05) is 11.9 Å². The van der Waals surface area contributed by atoms with Crippen molar-refractivity contribution in [2.24, 2.45) is 0 Å². The normalized spacial score (nSPS) is 16.0. The van der Waals surface area contributed by atoms with Crippen molar-refractivity contribution < 1.29 is 0 Å². The van der Waals surface area contributed by atoms with Gasteiger partial charge in [-0.2, -0.15) is 5.26 Å². The predicted octanol–water partition coefficient (Wildman–Crippen LogP) is 6.34. The number of nitrogens with zero attached hydrogens (tertiary/aromatic N) is 2. The molecule has 0 N–H and O–H groups in total. The summed E-state index contributed by atoms with van der Waals surface area (Å²) >= 11 is 5.96. The molecular weight excluding hydrogens is 340 g/mol. The number of halogens is 1. The molecule has 2 nitrogen and oxygen atoms in total. The Morgan fingerprint density at radius 2 is 1.81 bits per heavy atom. The van der Waals surface area contributed by atoms with Crippen molar-refractivity contribution in [3.05, 3.63) is 69.8 Å². The fourth-order valence-corrected chi connectivity index (χ4v) is 3.56. The molecule has 1 aliphatic heterocycles. The first-order chi connectivity index (χ1) is 12.2. The molecule has 26 heavy (non-hydrogen) atoms. The van der Waals surface area contributed by atoms with E-state index in [0.717, 1.165) is 16.7 Å². The van der Waals surface area contributed by atoms with E-state index < -0.39 is 0 Å². The summed E-state index contributed by atoms with van der Waals surface area (Å²) in [5, 5.41) is 10.3. The highest BCUT2D eigenvalue weighted by Crippen LogP contribution is 2.39. The lowest BCUT2D eigenvalue weighted by Gasteiger charge is -2.41. The molecule has 0 spiro atoms. The van der Waals surface area contributed by atoms with Gasteiger partial charge in [0.15, 0.2) is 0 Å². The van der Waals surface area contributed by atoms with Gasteiger partial charge < -0.3 is 4.90 Å². The summed E-state index contributed by atoms with van der Waals surface area (Å²) in [6.07, 6.45) is 4.26. The topological polar surface area (TPSA) is 27.0 Å². The van der Waals surface area contributed by atoms with Gasteiger partial charge in [0.25, 0.3) is 0 Å². The highest BCUT2D eigenvalue weighted by atomic mass is 35.5. The van der Waals surface area contributed by atoms with Gasteiger partial charge in [-0.3, -0.25) is 0 Å². The van der Waals surface area contributed by atoms with Gasteiger partial charge in [-0.25, -0.2) is 0 Å². The minimum Gasteiger partial charge on any atom is -0.365 e. The minimum atomic E-state index is -0.0119. The third kappa shape index (κ3) is 3.28. The Morgan fingerprint density at radius 3 is 2.42 bits per heavy atom. The van der Waals surface area contributed by atoms with Crippen LogP contribution in [0.25, 0.3) is 17.2 Å². The van der Waals surface area contributed by atoms with Gasteiger partial charge >= 0.3 is 0 Å². The van der Waals surface area contributed by atoms with Crippen LogP contribution in [-0.4, -0.2) is 12.6 Å². The molecule has 0 unspecified atom stereocenters. The Morgan fingerprint density at radius 1 is 1.15 bits per heavy atom. The molecule has 0 atom stereocenters. The van der Waals surface area contributed by atoms with Crippen LogP contribution in [0.2, 0.25) is 5.02 Å². The summed E-state index contributed by atoms with van der Waals surface area (Å²) in [5.41, 5.74) is 7.44. The quantitative estimate of drug-likeness (QED) is 0.460. The van der Waals surface area contributed by atoms with Crippen LogP contribution in [0.4, 0.5) is 5.69 Å². The standard InChI is InChI=1S/C23H23ClN2/c1-15-10-22-21(16(2)13-23(3,4)26(22)5)12-18(15)11-19(14-25)17-6-8-20(24)9-7-17/h6-13H,1-5H3/b19-11-. The van der Waals surface area contributed by atoms with Gasteiger partial charge in [0, 0.05) is 23.3 Å². The molecular formula is C23H23ClN2. The fourth-order valence-electron chi connectivity index (χ4n) is 3.44. The van der Waals surface area contributed by atoms with Crippen LogP contribution in [-0.2, 0) is 0 Å². The third-order valence-electron chi connectivity index (χ3n) is 5.18. The molecule has 0 amide bonds. The first kappa shape index (κ1) is 18.3. The molecule has 0 aromatic heterocycles. The van der Waals surface area contributed by atoms with Crippen molar-refractivity contribution in [3.63, 3.8) is 0 Å². The van der Waals surface area contributed by atoms with Crippen LogP contribution in [0.3, 0.4) is 0 Å². The minimum absolute atomic E-state index is 0.0119. The van der Waals surface area contributed by atoms with Crippen LogP contribution in [0.15, 0.2) is 42.5 Å². The fraction of sp³-hybridized carbons (Fsp3) is 0.261. The zero-order valence-electron chi connectivity index (χ0n) is 15.9. The molecule has 2 aromatic carbocycles. The summed E-state index contributed by atoms with van der Waals surface area (Å²) in [6, 6.07) is 14.1. The van der Waals surface area contributed by atoms with E-state index in [-0.39, 0.29) is 5.54 Å². The van der Waals surface area contributed by atoms with Crippen LogP contribution in [0.5, 0.6) is 0 Å². The van der Waals surface area contributed by atoms with E-state index in [2.05, 4.69) is 63.9 Å². The van der Waals surface area contributed by atoms with Crippen molar-refractivity contribution in [1.82, 2.24) is 0 Å². The molecule has 0 saturated heterocycles. The van der Waals surface area contributed by atoms with Gasteiger partial charge in [0.05, 0.1) is 17.2 Å². The van der Waals surface area contributed by atoms with Crippen LogP contribution in [0, 0.1) is 18.3 Å². The van der Waals surface area contributed by atoms with E-state index >= 15 is 0 Å². The Balaban J connectivity index is 2.12. The van der Waals surface area contributed by atoms with Gasteiger partial charge in [-0.1, -0.05) is 29.8 Å². The SMILES string of the molecule is CC1=CC(C)(C)N(C)c2cc(C)c(/C=C(/C#N)c3ccc(Cl)cc3)cc21. The summed E-state index contributed by atoms with van der Waals surface area (Å²) in [5.74, 6) is 0. The molecule has 0 radical (unpaired) electrons. The zero-order valence-corrected chi connectivity index (χ0v) is 16.6. The highest BCUT2D eigenvalue weighted by Gasteiger charge is 2.28. The van der Waals surface area contributed by atoms with E-state index in [1.54, 1.807) is 0 Å². The second-order valence-electron chi connectivity index (χ2n) is 7.44. The first-order valence-corrected chi connectivity index (χ1v) is 9.07. The summed E-state index contributed by atoms with van der Waals surface area (Å²) in [4.78, 5) is 2.31. The number of rotatable bonds is 2. The lowest BCUT2D eigenvalue weighted by Crippen LogP contribution is -2.42. The molecule has 3 heteroatoms. The molecule has 0 fully saturated rings. The number of likely N-dealkylation sites (N-methyl/N-ethyl adjacent to an activating group) is 1. The van der Waals surface area contributed by atoms with Gasteiger partial charge in [-0.15, -0.1) is 0 Å². The lowest BCUT2D eigenvalue weighted by atomic mass is 9.87. The van der Waals surface area contributed by atoms with Crippen molar-refractivity contribution >= 4 is 34.5 Å². The summed E-state index contributed by atoms with van der Waals surface area (Å²) in [7, 11) is 2.13. The van der Waals surface area contributed by atoms with Gasteiger partial charge in [-0.05, 0) is 80.3 Å². The third-order valence-corrected chi connectivity index (χ3v) is 5.43. The maximum atomic E-state index is 9.63. The molecule has 1 aliphatic rings. The molecule has 0 saturated carbocycles. The Labute approximate surface area is 161 Å². The average molecular weight is 363 g/mol. The number of nitriles is 1. The van der Waals surface area contributed by atoms with E-state index in [0.29, 0.717) is 10.6 Å². The number of fused-ring (bicyclic) bond motifs is 1. The van der Waals surface area contributed by atoms with Gasteiger partial charge in [0.2, 0.25) is 0 Å². The van der Waals surface area contributed by atoms with Crippen LogP contribution >= 0.6 is 11.6 Å². The van der Waals surface area contributed by atoms with Gasteiger partial charge in [0.1, 0.15) is 0 Å². The maximum absolute atomic E-state index is 9.63. The average Bonchev–Trinajstić information content (AvgIpc) is 2.59. The van der Waals surface area contributed by atoms with Crippen molar-refractivity contribution in [1.29, 1.82) is 5.26 Å². The Kier molecular flexibility index (Phi) is 4.69. The Bertz CT molecular complexity index is 957. The number of aryl methyl sites for hydroxylation is 1. The van der Waals surface area contributed by atoms with Crippen LogP contribution in [0.1, 0.15) is 43.0 Å². The van der Waals surface area contributed by atoms with E-state index in [9.17, 15) is 5.26 Å². The lowest BCUT2D eigenvalue weighted by molar-refractivity contribution is 0.597. The number of hydrogen-bond acceptors (Lipinski definition) is 2. The van der Waals surface area contributed by atoms with E-state index in [1.165, 1.54) is 16.8 Å². The largest absolute Gasteiger partial charge is 0.365 e. The first-order valence-electron chi connectivity index (χ1n) is 8.69. The molecule has 3 rings (SSSR count). The second kappa shape index (κ2) is 6.67. The number of benzene rings is 2. The molecule has 2 aromatic rings. The number of allylic oxidation sites excluding steroid dienone is 2. The van der Waals surface area contributed by atoms with E-state index in [1.807, 2.05) is 30.3 Å². The monoisotopic (exact) mass is 362 g/mol. The predicted molar refractivity (Wildman–Crippen MR) is 112 cm³/mol. The Hall–Kier alpha value is -2.50. The number of anilines is 1. The summed E-state index contributed by atoms with van der Waals surface area (Å²) < 4.78 is 0. The smallest absolute Gasteiger partial charge is 0.0998 e. The zero-order chi connectivity index (χ0) is 19.1. The van der Waals surface area contributed by atoms with Crippen molar-refractivity contribution in [2.45, 2.75) is 33.2 Å². The molecule has 0 aliphatic carbocycles. The molecule has 0 bridgehead atoms. The van der Waals surface area contributed by atoms with E-state index in [4.69, 9.17) is 11.6 Å². The van der Waals surface area contributed by atoms with Crippen LogP contribution < -0.4 is 4.90 Å². The summed E-state index contributed by atoms with van der Waals surface area (Å²) in [6.45, 7) is 8.69. The molecule has 1 heterocycles. The number of hydrogen-bond donors (Lipinski definition) is 0. The molecule has 132 valence electrons. The highest BCUT2D eigenvalue weighted by molar-refractivity contribution is 6.30. The maximum Gasteiger partial charge on any atom is 0.0998 e. The second-order valence-corrected chi connectivity index (χ2v) is 7.88. The van der Waals surface area contributed by atoms with Crippen molar-refractivity contribution in [3.8, 4) is 6.07 Å².